The Bertz CT molecular complexity index is 785. The molecule has 106 valence electrons. The lowest BCUT2D eigenvalue weighted by atomic mass is 10.1. The molecule has 0 saturated carbocycles. The number of aromatic nitrogens is 2. The van der Waals surface area contributed by atoms with Gasteiger partial charge in [0.25, 0.3) is 0 Å². The molecule has 3 rings (SSSR count). The first-order valence-electron chi connectivity index (χ1n) is 6.38. The SMILES string of the molecule is OCc1cccc(-n2ccnc2-c2ccc(Cl)cc2F)c1. The molecule has 0 bridgehead atoms. The fraction of sp³-hybridized carbons (Fsp3) is 0.0625. The van der Waals surface area contributed by atoms with Crippen molar-refractivity contribution in [3.8, 4) is 17.1 Å². The van der Waals surface area contributed by atoms with Crippen LogP contribution in [-0.4, -0.2) is 14.7 Å². The fourth-order valence-corrected chi connectivity index (χ4v) is 2.35. The minimum atomic E-state index is -0.423. The van der Waals surface area contributed by atoms with Crippen LogP contribution in [0.3, 0.4) is 0 Å². The number of hydrogen-bond acceptors (Lipinski definition) is 2. The van der Waals surface area contributed by atoms with Crippen molar-refractivity contribution in [2.75, 3.05) is 0 Å². The van der Waals surface area contributed by atoms with E-state index in [9.17, 15) is 9.50 Å². The molecule has 0 amide bonds. The van der Waals surface area contributed by atoms with Gasteiger partial charge in [-0.05, 0) is 35.9 Å². The zero-order valence-corrected chi connectivity index (χ0v) is 11.8. The molecule has 0 spiro atoms. The lowest BCUT2D eigenvalue weighted by Crippen LogP contribution is -1.99. The van der Waals surface area contributed by atoms with Gasteiger partial charge in [0.2, 0.25) is 0 Å². The summed E-state index contributed by atoms with van der Waals surface area (Å²) in [4.78, 5) is 4.23. The molecule has 21 heavy (non-hydrogen) atoms. The topological polar surface area (TPSA) is 38.0 Å². The van der Waals surface area contributed by atoms with Gasteiger partial charge in [-0.15, -0.1) is 0 Å². The normalized spacial score (nSPS) is 10.8. The van der Waals surface area contributed by atoms with Gasteiger partial charge in [0, 0.05) is 23.1 Å². The molecule has 2 aromatic carbocycles. The molecule has 0 radical (unpaired) electrons. The third-order valence-corrected chi connectivity index (χ3v) is 3.42. The van der Waals surface area contributed by atoms with E-state index >= 15 is 0 Å². The first-order chi connectivity index (χ1) is 10.2. The standard InChI is InChI=1S/C16H12ClFN2O/c17-12-4-5-14(15(18)9-12)16-19-6-7-20(16)13-3-1-2-11(8-13)10-21/h1-9,21H,10H2. The van der Waals surface area contributed by atoms with Crippen LogP contribution < -0.4 is 0 Å². The quantitative estimate of drug-likeness (QED) is 0.798. The largest absolute Gasteiger partial charge is 0.392 e. The minimum absolute atomic E-state index is 0.0484. The molecule has 0 aliphatic carbocycles. The van der Waals surface area contributed by atoms with Crippen LogP contribution in [0, 0.1) is 5.82 Å². The Labute approximate surface area is 126 Å². The fourth-order valence-electron chi connectivity index (χ4n) is 2.19. The van der Waals surface area contributed by atoms with E-state index in [-0.39, 0.29) is 6.61 Å². The summed E-state index contributed by atoms with van der Waals surface area (Å²) in [6.45, 7) is -0.0484. The number of halogens is 2. The van der Waals surface area contributed by atoms with Crippen molar-refractivity contribution in [2.45, 2.75) is 6.61 Å². The summed E-state index contributed by atoms with van der Waals surface area (Å²) in [7, 11) is 0. The number of aliphatic hydroxyl groups is 1. The Morgan fingerprint density at radius 3 is 2.81 bits per heavy atom. The first-order valence-corrected chi connectivity index (χ1v) is 6.76. The van der Waals surface area contributed by atoms with Crippen molar-refractivity contribution in [3.63, 3.8) is 0 Å². The van der Waals surface area contributed by atoms with Gasteiger partial charge in [0.15, 0.2) is 0 Å². The molecule has 0 fully saturated rings. The molecule has 1 heterocycles. The zero-order chi connectivity index (χ0) is 14.8. The highest BCUT2D eigenvalue weighted by Crippen LogP contribution is 2.26. The molecule has 0 aliphatic heterocycles. The summed E-state index contributed by atoms with van der Waals surface area (Å²) in [6, 6.07) is 11.9. The summed E-state index contributed by atoms with van der Waals surface area (Å²) >= 11 is 5.78. The third-order valence-electron chi connectivity index (χ3n) is 3.18. The van der Waals surface area contributed by atoms with E-state index < -0.39 is 5.82 Å². The maximum absolute atomic E-state index is 14.1. The lowest BCUT2D eigenvalue weighted by Gasteiger charge is -2.10. The molecule has 3 nitrogen and oxygen atoms in total. The Kier molecular flexibility index (Phi) is 3.73. The van der Waals surface area contributed by atoms with E-state index in [2.05, 4.69) is 4.98 Å². The molecule has 5 heteroatoms. The molecule has 3 aromatic rings. The van der Waals surface area contributed by atoms with Gasteiger partial charge >= 0.3 is 0 Å². The van der Waals surface area contributed by atoms with Crippen LogP contribution in [0.1, 0.15) is 5.56 Å². The summed E-state index contributed by atoms with van der Waals surface area (Å²) in [5, 5.41) is 9.57. The second-order valence-corrected chi connectivity index (χ2v) is 5.01. The van der Waals surface area contributed by atoms with Gasteiger partial charge in [-0.1, -0.05) is 23.7 Å². The van der Waals surface area contributed by atoms with Gasteiger partial charge in [-0.2, -0.15) is 0 Å². The van der Waals surface area contributed by atoms with E-state index in [4.69, 9.17) is 11.6 Å². The monoisotopic (exact) mass is 302 g/mol. The van der Waals surface area contributed by atoms with E-state index in [1.165, 1.54) is 6.07 Å². The maximum atomic E-state index is 14.1. The number of nitrogens with zero attached hydrogens (tertiary/aromatic N) is 2. The number of aliphatic hydroxyl groups excluding tert-OH is 1. The van der Waals surface area contributed by atoms with Crippen LogP contribution in [0.25, 0.3) is 17.1 Å². The predicted molar refractivity (Wildman–Crippen MR) is 79.9 cm³/mol. The Morgan fingerprint density at radius 2 is 2.05 bits per heavy atom. The average molecular weight is 303 g/mol. The van der Waals surface area contributed by atoms with Crippen LogP contribution in [0.4, 0.5) is 4.39 Å². The summed E-state index contributed by atoms with van der Waals surface area (Å²) in [5.41, 5.74) is 1.96. The number of rotatable bonds is 3. The first kappa shape index (κ1) is 13.8. The molecule has 0 atom stereocenters. The minimum Gasteiger partial charge on any atom is -0.392 e. The van der Waals surface area contributed by atoms with Gasteiger partial charge in [-0.25, -0.2) is 9.37 Å². The molecule has 0 unspecified atom stereocenters. The van der Waals surface area contributed by atoms with Crippen LogP contribution in [0.2, 0.25) is 5.02 Å². The highest BCUT2D eigenvalue weighted by molar-refractivity contribution is 6.30. The molecule has 0 aliphatic rings. The van der Waals surface area contributed by atoms with E-state index in [1.807, 2.05) is 24.3 Å². The van der Waals surface area contributed by atoms with Crippen LogP contribution in [0.15, 0.2) is 54.9 Å². The van der Waals surface area contributed by atoms with Gasteiger partial charge < -0.3 is 5.11 Å². The average Bonchev–Trinajstić information content (AvgIpc) is 2.96. The van der Waals surface area contributed by atoms with Gasteiger partial charge in [0.05, 0.1) is 12.2 Å². The van der Waals surface area contributed by atoms with Crippen molar-refractivity contribution in [1.29, 1.82) is 0 Å². The number of imidazole rings is 1. The zero-order valence-electron chi connectivity index (χ0n) is 11.0. The van der Waals surface area contributed by atoms with Crippen molar-refractivity contribution < 1.29 is 9.50 Å². The second-order valence-electron chi connectivity index (χ2n) is 4.57. The van der Waals surface area contributed by atoms with Crippen molar-refractivity contribution in [3.05, 3.63) is 71.3 Å². The summed E-state index contributed by atoms with van der Waals surface area (Å²) in [6.07, 6.45) is 3.36. The van der Waals surface area contributed by atoms with Crippen LogP contribution >= 0.6 is 11.6 Å². The third kappa shape index (κ3) is 2.68. The molecule has 0 saturated heterocycles. The Morgan fingerprint density at radius 1 is 1.19 bits per heavy atom. The highest BCUT2D eigenvalue weighted by Gasteiger charge is 2.12. The highest BCUT2D eigenvalue weighted by atomic mass is 35.5. The molecular weight excluding hydrogens is 291 g/mol. The van der Waals surface area contributed by atoms with E-state index in [0.717, 1.165) is 11.3 Å². The smallest absolute Gasteiger partial charge is 0.147 e. The van der Waals surface area contributed by atoms with Gasteiger partial charge in [0.1, 0.15) is 11.6 Å². The Hall–Kier alpha value is -2.17. The molecule has 1 aromatic heterocycles. The molecule has 1 N–H and O–H groups in total. The van der Waals surface area contributed by atoms with Gasteiger partial charge in [-0.3, -0.25) is 4.57 Å². The number of benzene rings is 2. The lowest BCUT2D eigenvalue weighted by molar-refractivity contribution is 0.282. The van der Waals surface area contributed by atoms with Crippen molar-refractivity contribution in [1.82, 2.24) is 9.55 Å². The van der Waals surface area contributed by atoms with E-state index in [1.54, 1.807) is 29.1 Å². The van der Waals surface area contributed by atoms with Crippen molar-refractivity contribution >= 4 is 11.6 Å². The second kappa shape index (κ2) is 5.68. The maximum Gasteiger partial charge on any atom is 0.147 e. The summed E-state index contributed by atoms with van der Waals surface area (Å²) in [5.74, 6) is 0.0625. The van der Waals surface area contributed by atoms with Crippen molar-refractivity contribution in [2.24, 2.45) is 0 Å². The number of hydrogen-bond donors (Lipinski definition) is 1. The molecular formula is C16H12ClFN2O. The van der Waals surface area contributed by atoms with E-state index in [0.29, 0.717) is 16.4 Å². The summed E-state index contributed by atoms with van der Waals surface area (Å²) < 4.78 is 15.8. The Balaban J connectivity index is 2.12. The van der Waals surface area contributed by atoms with Crippen LogP contribution in [0.5, 0.6) is 0 Å². The predicted octanol–water partition coefficient (Wildman–Crippen LogP) is 3.82. The van der Waals surface area contributed by atoms with Crippen LogP contribution in [-0.2, 0) is 6.61 Å².